The van der Waals surface area contributed by atoms with Gasteiger partial charge in [0.15, 0.2) is 4.77 Å². The molecule has 1 aromatic heterocycles. The number of aromatic nitrogens is 2. The molecule has 0 amide bonds. The molecule has 0 fully saturated rings. The van der Waals surface area contributed by atoms with Crippen LogP contribution >= 0.6 is 35.4 Å². The number of benzene rings is 2. The Morgan fingerprint density at radius 2 is 2.00 bits per heavy atom. The van der Waals surface area contributed by atoms with E-state index < -0.39 is 5.82 Å². The molecule has 3 nitrogen and oxygen atoms in total. The highest BCUT2D eigenvalue weighted by Crippen LogP contribution is 2.28. The molecule has 2 aromatic carbocycles. The molecule has 3 rings (SSSR count). The van der Waals surface area contributed by atoms with Gasteiger partial charge in [0.25, 0.3) is 0 Å². The van der Waals surface area contributed by atoms with E-state index in [2.05, 4.69) is 11.1 Å². The Bertz CT molecular complexity index is 969. The smallest absolute Gasteiger partial charge is 0.182 e. The third-order valence-electron chi connectivity index (χ3n) is 3.05. The highest BCUT2D eigenvalue weighted by atomic mass is 35.5. The van der Waals surface area contributed by atoms with E-state index in [0.717, 1.165) is 0 Å². The van der Waals surface area contributed by atoms with Gasteiger partial charge in [-0.15, -0.1) is 0 Å². The van der Waals surface area contributed by atoms with E-state index in [0.29, 0.717) is 32.1 Å². The minimum atomic E-state index is -0.563. The lowest BCUT2D eigenvalue weighted by atomic mass is 10.2. The second-order valence-electron chi connectivity index (χ2n) is 4.32. The summed E-state index contributed by atoms with van der Waals surface area (Å²) in [7, 11) is 0. The highest BCUT2D eigenvalue weighted by Gasteiger charge is 2.13. The van der Waals surface area contributed by atoms with Crippen LogP contribution in [0.3, 0.4) is 0 Å². The number of hydrogen-bond donors (Lipinski definition) is 1. The van der Waals surface area contributed by atoms with Crippen molar-refractivity contribution in [3.8, 4) is 11.8 Å². The first-order chi connectivity index (χ1) is 10.0. The molecule has 3 aromatic rings. The molecule has 0 saturated heterocycles. The molecular formula is C14H6Cl2FN3S. The van der Waals surface area contributed by atoms with Gasteiger partial charge < -0.3 is 4.98 Å². The number of fused-ring (bicyclic) bond motifs is 1. The number of nitrogens with one attached hydrogen (secondary N) is 1. The molecule has 1 N–H and O–H groups in total. The molecule has 0 atom stereocenters. The van der Waals surface area contributed by atoms with E-state index in [1.54, 1.807) is 22.8 Å². The Balaban J connectivity index is 2.44. The van der Waals surface area contributed by atoms with Gasteiger partial charge >= 0.3 is 0 Å². The van der Waals surface area contributed by atoms with Crippen molar-refractivity contribution in [3.05, 3.63) is 56.5 Å². The molecule has 0 aliphatic heterocycles. The molecule has 1 heterocycles. The fourth-order valence-electron chi connectivity index (χ4n) is 2.13. The van der Waals surface area contributed by atoms with Crippen molar-refractivity contribution >= 4 is 46.5 Å². The van der Waals surface area contributed by atoms with Gasteiger partial charge in [-0.2, -0.15) is 5.26 Å². The average Bonchev–Trinajstić information content (AvgIpc) is 2.74. The van der Waals surface area contributed by atoms with E-state index >= 15 is 0 Å². The predicted octanol–water partition coefficient (Wildman–Crippen LogP) is 5.01. The minimum Gasteiger partial charge on any atom is -0.330 e. The second-order valence-corrected chi connectivity index (χ2v) is 5.55. The summed E-state index contributed by atoms with van der Waals surface area (Å²) in [5.74, 6) is -0.563. The molecule has 0 bridgehead atoms. The first kappa shape index (κ1) is 14.1. The molecular weight excluding hydrogens is 332 g/mol. The zero-order chi connectivity index (χ0) is 15.1. The molecule has 0 aliphatic carbocycles. The van der Waals surface area contributed by atoms with Crippen molar-refractivity contribution in [2.24, 2.45) is 0 Å². The van der Waals surface area contributed by atoms with Gasteiger partial charge in [-0.1, -0.05) is 23.2 Å². The zero-order valence-corrected chi connectivity index (χ0v) is 12.7. The standard InChI is InChI=1S/C14H6Cl2FN3S/c15-8-2-1-7(6-18)12(3-8)20-13-5-10(17)9(16)4-11(13)19-14(20)21/h1-5H,(H,19,21). The number of halogens is 3. The maximum Gasteiger partial charge on any atom is 0.182 e. The molecule has 104 valence electrons. The lowest BCUT2D eigenvalue weighted by Gasteiger charge is -2.07. The van der Waals surface area contributed by atoms with Gasteiger partial charge in [-0.05, 0) is 36.5 Å². The van der Waals surface area contributed by atoms with Crippen LogP contribution in [0.15, 0.2) is 30.3 Å². The Morgan fingerprint density at radius 3 is 2.71 bits per heavy atom. The quantitative estimate of drug-likeness (QED) is 0.634. The lowest BCUT2D eigenvalue weighted by Crippen LogP contribution is -1.98. The van der Waals surface area contributed by atoms with Crippen LogP contribution in [0.5, 0.6) is 0 Å². The first-order valence-electron chi connectivity index (χ1n) is 5.81. The molecule has 0 aliphatic rings. The minimum absolute atomic E-state index is 0.00231. The largest absolute Gasteiger partial charge is 0.330 e. The number of hydrogen-bond acceptors (Lipinski definition) is 2. The first-order valence-corrected chi connectivity index (χ1v) is 6.97. The van der Waals surface area contributed by atoms with Crippen LogP contribution in [0.1, 0.15) is 5.56 Å². The fourth-order valence-corrected chi connectivity index (χ4v) is 2.76. The molecule has 0 saturated carbocycles. The molecule has 0 radical (unpaired) electrons. The van der Waals surface area contributed by atoms with E-state index in [9.17, 15) is 9.65 Å². The van der Waals surface area contributed by atoms with Gasteiger partial charge in [0, 0.05) is 11.1 Å². The van der Waals surface area contributed by atoms with Crippen LogP contribution in [0.2, 0.25) is 10.0 Å². The lowest BCUT2D eigenvalue weighted by molar-refractivity contribution is 0.629. The molecule has 21 heavy (non-hydrogen) atoms. The van der Waals surface area contributed by atoms with Crippen molar-refractivity contribution in [2.45, 2.75) is 0 Å². The summed E-state index contributed by atoms with van der Waals surface area (Å²) in [4.78, 5) is 2.94. The molecule has 0 unspecified atom stereocenters. The number of imidazole rings is 1. The number of nitrogens with zero attached hydrogens (tertiary/aromatic N) is 2. The van der Waals surface area contributed by atoms with Crippen LogP contribution < -0.4 is 0 Å². The molecule has 7 heteroatoms. The summed E-state index contributed by atoms with van der Waals surface area (Å²) in [6.45, 7) is 0. The van der Waals surface area contributed by atoms with E-state index in [4.69, 9.17) is 35.4 Å². The molecule has 0 spiro atoms. The summed E-state index contributed by atoms with van der Waals surface area (Å²) < 4.78 is 15.6. The zero-order valence-electron chi connectivity index (χ0n) is 10.3. The van der Waals surface area contributed by atoms with Crippen molar-refractivity contribution in [1.82, 2.24) is 9.55 Å². The van der Waals surface area contributed by atoms with Crippen molar-refractivity contribution in [2.75, 3.05) is 0 Å². The van der Waals surface area contributed by atoms with Gasteiger partial charge in [-0.25, -0.2) is 4.39 Å². The Morgan fingerprint density at radius 1 is 1.24 bits per heavy atom. The Labute approximate surface area is 134 Å². The average molecular weight is 338 g/mol. The Hall–Kier alpha value is -1.87. The maximum atomic E-state index is 13.7. The van der Waals surface area contributed by atoms with Crippen LogP contribution in [0, 0.1) is 21.9 Å². The summed E-state index contributed by atoms with van der Waals surface area (Å²) >= 11 is 17.0. The van der Waals surface area contributed by atoms with E-state index in [-0.39, 0.29) is 5.02 Å². The van der Waals surface area contributed by atoms with Crippen LogP contribution in [-0.4, -0.2) is 9.55 Å². The number of H-pyrrole nitrogens is 1. The van der Waals surface area contributed by atoms with E-state index in [1.165, 1.54) is 12.1 Å². The summed E-state index contributed by atoms with van der Waals surface area (Å²) in [5.41, 5.74) is 1.94. The highest BCUT2D eigenvalue weighted by molar-refractivity contribution is 7.71. The summed E-state index contributed by atoms with van der Waals surface area (Å²) in [5, 5.41) is 9.68. The fraction of sp³-hybridized carbons (Fsp3) is 0. The summed E-state index contributed by atoms with van der Waals surface area (Å²) in [6.07, 6.45) is 0. The van der Waals surface area contributed by atoms with Gasteiger partial charge in [0.2, 0.25) is 0 Å². The van der Waals surface area contributed by atoms with E-state index in [1.807, 2.05) is 0 Å². The Kier molecular flexibility index (Phi) is 3.46. The van der Waals surface area contributed by atoms with Gasteiger partial charge in [0.05, 0.1) is 27.3 Å². The monoisotopic (exact) mass is 337 g/mol. The predicted molar refractivity (Wildman–Crippen MR) is 83.2 cm³/mol. The summed E-state index contributed by atoms with van der Waals surface area (Å²) in [6, 6.07) is 9.60. The number of rotatable bonds is 1. The normalized spacial score (nSPS) is 10.8. The maximum absolute atomic E-state index is 13.7. The van der Waals surface area contributed by atoms with Crippen molar-refractivity contribution < 1.29 is 4.39 Å². The van der Waals surface area contributed by atoms with Gasteiger partial charge in [0.1, 0.15) is 11.9 Å². The van der Waals surface area contributed by atoms with Crippen molar-refractivity contribution in [1.29, 1.82) is 5.26 Å². The SMILES string of the molecule is N#Cc1ccc(Cl)cc1-n1c(=S)[nH]c2cc(Cl)c(F)cc21. The van der Waals surface area contributed by atoms with Crippen molar-refractivity contribution in [3.63, 3.8) is 0 Å². The topological polar surface area (TPSA) is 44.5 Å². The third kappa shape index (κ3) is 2.32. The van der Waals surface area contributed by atoms with Crippen LogP contribution in [0.25, 0.3) is 16.7 Å². The third-order valence-corrected chi connectivity index (χ3v) is 3.85. The van der Waals surface area contributed by atoms with Crippen LogP contribution in [0.4, 0.5) is 4.39 Å². The number of aromatic amines is 1. The van der Waals surface area contributed by atoms with Gasteiger partial charge in [-0.3, -0.25) is 4.57 Å². The van der Waals surface area contributed by atoms with Crippen LogP contribution in [-0.2, 0) is 0 Å². The second kappa shape index (κ2) is 5.15. The number of nitriles is 1.